The van der Waals surface area contributed by atoms with E-state index < -0.39 is 0 Å². The van der Waals surface area contributed by atoms with Gasteiger partial charge in [0.25, 0.3) is 0 Å². The lowest BCUT2D eigenvalue weighted by molar-refractivity contribution is -0.135. The first-order valence-electron chi connectivity index (χ1n) is 10.9. The molecule has 2 unspecified atom stereocenters. The Morgan fingerprint density at radius 3 is 2.62 bits per heavy atom. The van der Waals surface area contributed by atoms with Gasteiger partial charge in [0.1, 0.15) is 5.75 Å². The van der Waals surface area contributed by atoms with Gasteiger partial charge in [0.15, 0.2) is 0 Å². The van der Waals surface area contributed by atoms with E-state index in [0.29, 0.717) is 13.2 Å². The van der Waals surface area contributed by atoms with E-state index in [9.17, 15) is 9.59 Å². The summed E-state index contributed by atoms with van der Waals surface area (Å²) < 4.78 is 10.9. The molecular weight excluding hydrogens is 424 g/mol. The minimum absolute atomic E-state index is 0.000409. The summed E-state index contributed by atoms with van der Waals surface area (Å²) in [6.07, 6.45) is 1.87. The zero-order valence-corrected chi connectivity index (χ0v) is 20.0. The van der Waals surface area contributed by atoms with Gasteiger partial charge in [0.2, 0.25) is 11.8 Å². The fourth-order valence-electron chi connectivity index (χ4n) is 3.68. The highest BCUT2D eigenvalue weighted by molar-refractivity contribution is 8.00. The number of rotatable bonds is 9. The first-order chi connectivity index (χ1) is 15.4. The van der Waals surface area contributed by atoms with Crippen LogP contribution in [0.2, 0.25) is 0 Å². The molecule has 0 bridgehead atoms. The van der Waals surface area contributed by atoms with E-state index in [1.807, 2.05) is 63.2 Å². The lowest BCUT2D eigenvalue weighted by Gasteiger charge is -2.27. The Labute approximate surface area is 194 Å². The number of carbonyl (C=O) groups excluding carboxylic acids is 2. The summed E-state index contributed by atoms with van der Waals surface area (Å²) in [6, 6.07) is 13.4. The van der Waals surface area contributed by atoms with Crippen molar-refractivity contribution in [2.24, 2.45) is 0 Å². The van der Waals surface area contributed by atoms with Crippen molar-refractivity contribution in [1.82, 2.24) is 4.90 Å². The summed E-state index contributed by atoms with van der Waals surface area (Å²) in [5.41, 5.74) is 2.92. The Kier molecular flexibility index (Phi) is 8.59. The van der Waals surface area contributed by atoms with Crippen LogP contribution in [-0.2, 0) is 14.3 Å². The van der Waals surface area contributed by atoms with Crippen LogP contribution in [0.3, 0.4) is 0 Å². The summed E-state index contributed by atoms with van der Waals surface area (Å²) >= 11 is 1.47. The molecule has 2 aromatic carbocycles. The molecule has 1 N–H and O–H groups in total. The summed E-state index contributed by atoms with van der Waals surface area (Å²) in [6.45, 7) is 7.00. The van der Waals surface area contributed by atoms with Crippen LogP contribution < -0.4 is 10.1 Å². The highest BCUT2D eigenvalue weighted by Crippen LogP contribution is 2.27. The van der Waals surface area contributed by atoms with Crippen LogP contribution in [0.15, 0.2) is 47.4 Å². The normalized spacial score (nSPS) is 16.4. The lowest BCUT2D eigenvalue weighted by atomic mass is 10.1. The molecule has 0 saturated carbocycles. The molecule has 3 rings (SSSR count). The fourth-order valence-corrected chi connectivity index (χ4v) is 4.63. The second-order valence-corrected chi connectivity index (χ2v) is 9.50. The predicted molar refractivity (Wildman–Crippen MR) is 128 cm³/mol. The minimum Gasteiger partial charge on any atom is -0.497 e. The molecule has 1 aliphatic heterocycles. The van der Waals surface area contributed by atoms with Gasteiger partial charge in [-0.25, -0.2) is 0 Å². The molecule has 0 radical (unpaired) electrons. The molecule has 1 saturated heterocycles. The minimum atomic E-state index is -0.335. The average Bonchev–Trinajstić information content (AvgIpc) is 3.29. The van der Waals surface area contributed by atoms with Crippen molar-refractivity contribution in [1.29, 1.82) is 0 Å². The second-order valence-electron chi connectivity index (χ2n) is 8.09. The van der Waals surface area contributed by atoms with Gasteiger partial charge in [-0.1, -0.05) is 12.1 Å². The van der Waals surface area contributed by atoms with E-state index in [2.05, 4.69) is 5.32 Å². The molecule has 1 heterocycles. The van der Waals surface area contributed by atoms with Gasteiger partial charge in [-0.3, -0.25) is 9.59 Å². The number of benzene rings is 2. The summed E-state index contributed by atoms with van der Waals surface area (Å²) in [5.74, 6) is 0.501. The Hall–Kier alpha value is -2.51. The molecule has 2 aromatic rings. The molecule has 6 nitrogen and oxygen atoms in total. The van der Waals surface area contributed by atoms with Crippen LogP contribution in [-0.4, -0.2) is 54.9 Å². The zero-order chi connectivity index (χ0) is 23.1. The van der Waals surface area contributed by atoms with Gasteiger partial charge in [-0.2, -0.15) is 0 Å². The Morgan fingerprint density at radius 2 is 1.97 bits per heavy atom. The van der Waals surface area contributed by atoms with Gasteiger partial charge in [0.05, 0.1) is 25.0 Å². The van der Waals surface area contributed by atoms with Crippen molar-refractivity contribution >= 4 is 29.3 Å². The van der Waals surface area contributed by atoms with E-state index in [4.69, 9.17) is 9.47 Å². The van der Waals surface area contributed by atoms with Crippen molar-refractivity contribution in [2.75, 3.05) is 32.1 Å². The number of ether oxygens (including phenoxy) is 2. The number of anilines is 1. The molecule has 0 aliphatic carbocycles. The number of nitrogens with zero attached hydrogens (tertiary/aromatic N) is 1. The zero-order valence-electron chi connectivity index (χ0n) is 19.2. The van der Waals surface area contributed by atoms with E-state index in [1.54, 1.807) is 12.0 Å². The first kappa shape index (κ1) is 24.1. The molecule has 1 fully saturated rings. The summed E-state index contributed by atoms with van der Waals surface area (Å²) in [5, 5.41) is 2.63. The third kappa shape index (κ3) is 6.50. The monoisotopic (exact) mass is 456 g/mol. The molecule has 0 spiro atoms. The van der Waals surface area contributed by atoms with Gasteiger partial charge >= 0.3 is 0 Å². The fraction of sp³-hybridized carbons (Fsp3) is 0.440. The van der Waals surface area contributed by atoms with Crippen molar-refractivity contribution in [3.63, 3.8) is 0 Å². The van der Waals surface area contributed by atoms with E-state index in [1.165, 1.54) is 11.8 Å². The molecule has 32 heavy (non-hydrogen) atoms. The molecule has 0 aromatic heterocycles. The van der Waals surface area contributed by atoms with Crippen LogP contribution in [0.4, 0.5) is 5.69 Å². The SMILES string of the molecule is COc1ccc(SC(C)C(=O)N(CC(=O)Nc2cccc(C)c2C)CC2CCCO2)cc1. The van der Waals surface area contributed by atoms with Crippen LogP contribution in [0.1, 0.15) is 30.9 Å². The molecule has 1 aliphatic rings. The number of hydrogen-bond donors (Lipinski definition) is 1. The first-order valence-corrected chi connectivity index (χ1v) is 11.8. The average molecular weight is 457 g/mol. The number of carbonyl (C=O) groups is 2. The molecule has 2 amide bonds. The van der Waals surface area contributed by atoms with E-state index in [-0.39, 0.29) is 29.7 Å². The maximum absolute atomic E-state index is 13.3. The van der Waals surface area contributed by atoms with E-state index >= 15 is 0 Å². The number of methoxy groups -OCH3 is 1. The smallest absolute Gasteiger partial charge is 0.244 e. The van der Waals surface area contributed by atoms with Crippen molar-refractivity contribution < 1.29 is 19.1 Å². The van der Waals surface area contributed by atoms with Crippen LogP contribution in [0, 0.1) is 13.8 Å². The lowest BCUT2D eigenvalue weighted by Crippen LogP contribution is -2.45. The predicted octanol–water partition coefficient (Wildman–Crippen LogP) is 4.44. The second kappa shape index (κ2) is 11.4. The number of hydrogen-bond acceptors (Lipinski definition) is 5. The number of thioether (sulfide) groups is 1. The highest BCUT2D eigenvalue weighted by Gasteiger charge is 2.28. The highest BCUT2D eigenvalue weighted by atomic mass is 32.2. The third-order valence-corrected chi connectivity index (χ3v) is 6.79. The Morgan fingerprint density at radius 1 is 1.22 bits per heavy atom. The van der Waals surface area contributed by atoms with Gasteiger partial charge < -0.3 is 19.7 Å². The number of nitrogens with one attached hydrogen (secondary N) is 1. The number of amides is 2. The van der Waals surface area contributed by atoms with Gasteiger partial charge in [-0.05, 0) is 75.1 Å². The van der Waals surface area contributed by atoms with E-state index in [0.717, 1.165) is 40.3 Å². The summed E-state index contributed by atoms with van der Waals surface area (Å²) in [4.78, 5) is 28.8. The third-order valence-electron chi connectivity index (χ3n) is 5.69. The molecule has 7 heteroatoms. The molecule has 2 atom stereocenters. The van der Waals surface area contributed by atoms with Crippen molar-refractivity contribution in [3.8, 4) is 5.75 Å². The molecule has 172 valence electrons. The Bertz CT molecular complexity index is 926. The topological polar surface area (TPSA) is 67.9 Å². The Balaban J connectivity index is 1.68. The van der Waals surface area contributed by atoms with Gasteiger partial charge in [-0.15, -0.1) is 11.8 Å². The van der Waals surface area contributed by atoms with Crippen molar-refractivity contribution in [3.05, 3.63) is 53.6 Å². The number of aryl methyl sites for hydroxylation is 1. The maximum atomic E-state index is 13.3. The van der Waals surface area contributed by atoms with Crippen molar-refractivity contribution in [2.45, 2.75) is 49.9 Å². The maximum Gasteiger partial charge on any atom is 0.244 e. The van der Waals surface area contributed by atoms with Crippen LogP contribution in [0.5, 0.6) is 5.75 Å². The standard InChI is InChI=1S/C25H32N2O4S/c1-17-7-5-9-23(18(17)2)26-24(28)16-27(15-21-8-6-14-31-21)25(29)19(3)32-22-12-10-20(30-4)11-13-22/h5,7,9-13,19,21H,6,8,14-16H2,1-4H3,(H,26,28). The quantitative estimate of drug-likeness (QED) is 0.565. The van der Waals surface area contributed by atoms with Gasteiger partial charge in [0, 0.05) is 23.7 Å². The largest absolute Gasteiger partial charge is 0.497 e. The van der Waals surface area contributed by atoms with Crippen LogP contribution >= 0.6 is 11.8 Å². The molecular formula is C25H32N2O4S. The summed E-state index contributed by atoms with van der Waals surface area (Å²) in [7, 11) is 1.63. The van der Waals surface area contributed by atoms with Crippen LogP contribution in [0.25, 0.3) is 0 Å².